The van der Waals surface area contributed by atoms with Crippen LogP contribution < -0.4 is 10.6 Å². The summed E-state index contributed by atoms with van der Waals surface area (Å²) in [7, 11) is -1.83. The van der Waals surface area contributed by atoms with E-state index in [2.05, 4.69) is 30.7 Å². The minimum absolute atomic E-state index is 0.0803. The zero-order chi connectivity index (χ0) is 24.2. The normalized spacial score (nSPS) is 17.6. The van der Waals surface area contributed by atoms with Gasteiger partial charge in [0.15, 0.2) is 15.5 Å². The molecule has 1 saturated carbocycles. The number of aryl methyl sites for hydroxylation is 2. The number of pyridine rings is 1. The van der Waals surface area contributed by atoms with E-state index < -0.39 is 27.8 Å². The van der Waals surface area contributed by atoms with Gasteiger partial charge in [0, 0.05) is 31.1 Å². The number of anilines is 3. The van der Waals surface area contributed by atoms with Crippen molar-refractivity contribution in [1.29, 1.82) is 0 Å². The fraction of sp³-hybridized carbons (Fsp3) is 0.273. The topological polar surface area (TPSA) is 135 Å². The zero-order valence-electron chi connectivity index (χ0n) is 18.6. The predicted molar refractivity (Wildman–Crippen MR) is 125 cm³/mol. The first-order chi connectivity index (χ1) is 16.1. The lowest BCUT2D eigenvalue weighted by Crippen LogP contribution is -2.16. The monoisotopic (exact) mass is 483 g/mol. The van der Waals surface area contributed by atoms with Crippen molar-refractivity contribution >= 4 is 44.1 Å². The number of alkyl halides is 1. The van der Waals surface area contributed by atoms with Crippen LogP contribution in [0.5, 0.6) is 0 Å². The largest absolute Gasteiger partial charge is 0.352 e. The molecule has 3 heterocycles. The molecule has 10 nitrogen and oxygen atoms in total. The average molecular weight is 484 g/mol. The Morgan fingerprint density at radius 1 is 1.21 bits per heavy atom. The summed E-state index contributed by atoms with van der Waals surface area (Å²) in [6.45, 7) is 1.76. The highest BCUT2D eigenvalue weighted by atomic mass is 32.2. The summed E-state index contributed by atoms with van der Waals surface area (Å²) in [6, 6.07) is 8.33. The number of carbonyl (C=O) groups excluding carboxylic acids is 1. The number of rotatable bonds is 6. The average Bonchev–Trinajstić information content (AvgIpc) is 3.14. The van der Waals surface area contributed by atoms with Crippen LogP contribution in [0.2, 0.25) is 0 Å². The number of hydrogen-bond donors (Lipinski definition) is 3. The molecule has 0 saturated heterocycles. The van der Waals surface area contributed by atoms with E-state index in [-0.39, 0.29) is 17.1 Å². The second-order valence-electron chi connectivity index (χ2n) is 8.40. The van der Waals surface area contributed by atoms with Crippen molar-refractivity contribution in [3.8, 4) is 11.3 Å². The summed E-state index contributed by atoms with van der Waals surface area (Å²) in [4.78, 5) is 24.1. The number of benzene rings is 1. The number of nitrogens with one attached hydrogen (secondary N) is 3. The van der Waals surface area contributed by atoms with Crippen LogP contribution in [0.3, 0.4) is 0 Å². The highest BCUT2D eigenvalue weighted by Crippen LogP contribution is 2.36. The molecule has 4 aromatic rings. The molecular formula is C22H22FN7O3S. The van der Waals surface area contributed by atoms with Gasteiger partial charge in [0.1, 0.15) is 23.3 Å². The lowest BCUT2D eigenvalue weighted by molar-refractivity contribution is -0.117. The Morgan fingerprint density at radius 3 is 2.62 bits per heavy atom. The number of sulfone groups is 1. The van der Waals surface area contributed by atoms with Crippen LogP contribution >= 0.6 is 0 Å². The number of hydrogen-bond acceptors (Lipinski definition) is 7. The predicted octanol–water partition coefficient (Wildman–Crippen LogP) is 3.11. The fourth-order valence-corrected chi connectivity index (χ4v) is 4.58. The van der Waals surface area contributed by atoms with Crippen molar-refractivity contribution in [3.63, 3.8) is 0 Å². The third-order valence-corrected chi connectivity index (χ3v) is 6.67. The number of carbonyl (C=O) groups is 1. The number of aromatic amines is 1. The van der Waals surface area contributed by atoms with E-state index in [0.717, 1.165) is 6.26 Å². The molecule has 1 aliphatic rings. The van der Waals surface area contributed by atoms with E-state index in [4.69, 9.17) is 0 Å². The van der Waals surface area contributed by atoms with Crippen molar-refractivity contribution in [2.75, 3.05) is 16.9 Å². The van der Waals surface area contributed by atoms with Gasteiger partial charge in [-0.15, -0.1) is 0 Å². The van der Waals surface area contributed by atoms with Crippen LogP contribution in [0.4, 0.5) is 21.6 Å². The first kappa shape index (κ1) is 22.0. The van der Waals surface area contributed by atoms with Crippen LogP contribution in [0.25, 0.3) is 22.4 Å². The van der Waals surface area contributed by atoms with Crippen LogP contribution in [-0.2, 0) is 21.7 Å². The van der Waals surface area contributed by atoms with Gasteiger partial charge < -0.3 is 15.6 Å². The van der Waals surface area contributed by atoms with Gasteiger partial charge in [-0.1, -0.05) is 6.07 Å². The molecule has 1 aromatic carbocycles. The molecule has 1 aliphatic carbocycles. The van der Waals surface area contributed by atoms with E-state index in [0.29, 0.717) is 39.6 Å². The minimum atomic E-state index is -3.62. The smallest absolute Gasteiger partial charge is 0.231 e. The molecule has 1 fully saturated rings. The third-order valence-electron chi connectivity index (χ3n) is 5.53. The number of nitrogens with zero attached hydrogens (tertiary/aromatic N) is 4. The van der Waals surface area contributed by atoms with Gasteiger partial charge in [-0.05, 0) is 31.5 Å². The summed E-state index contributed by atoms with van der Waals surface area (Å²) in [6.07, 6.45) is 1.97. The molecule has 0 aliphatic heterocycles. The molecule has 1 amide bonds. The van der Waals surface area contributed by atoms with Gasteiger partial charge in [-0.3, -0.25) is 9.48 Å². The summed E-state index contributed by atoms with van der Waals surface area (Å²) >= 11 is 0. The SMILES string of the molecule is Cc1nc2c(Nc3ccc(-c4ccn(C)n4)cc3S(C)(=O)=O)cc(NC(=O)C3C[C@@H]3F)nc2[nH]1. The van der Waals surface area contributed by atoms with Gasteiger partial charge in [0.25, 0.3) is 0 Å². The maximum atomic E-state index is 13.3. The summed E-state index contributed by atoms with van der Waals surface area (Å²) < 4.78 is 40.2. The summed E-state index contributed by atoms with van der Waals surface area (Å²) in [5, 5.41) is 10.1. The Bertz CT molecular complexity index is 1540. The van der Waals surface area contributed by atoms with E-state index in [1.165, 1.54) is 0 Å². The first-order valence-corrected chi connectivity index (χ1v) is 12.4. The Balaban J connectivity index is 1.56. The van der Waals surface area contributed by atoms with Gasteiger partial charge in [0.2, 0.25) is 5.91 Å². The Labute approximate surface area is 194 Å². The third kappa shape index (κ3) is 4.23. The first-order valence-electron chi connectivity index (χ1n) is 10.5. The highest BCUT2D eigenvalue weighted by Gasteiger charge is 2.43. The quantitative estimate of drug-likeness (QED) is 0.383. The number of H-pyrrole nitrogens is 1. The molecule has 176 valence electrons. The Hall–Kier alpha value is -3.80. The standard InChI is InChI=1S/C22H22FN7O3S/c1-11-24-20-17(10-19(27-21(20)25-11)28-22(31)13-9-14(13)23)26-16-5-4-12(8-18(16)34(3,32)33)15-6-7-30(2)29-15/h4-8,10,13-14H,9H2,1-3H3,(H3,24,25,26,27,28,31)/t13?,14-/m0/s1. The molecular weight excluding hydrogens is 461 g/mol. The summed E-state index contributed by atoms with van der Waals surface area (Å²) in [5.74, 6) is -0.325. The van der Waals surface area contributed by atoms with E-state index in [1.807, 2.05) is 0 Å². The molecule has 3 N–H and O–H groups in total. The van der Waals surface area contributed by atoms with E-state index in [1.54, 1.807) is 55.2 Å². The highest BCUT2D eigenvalue weighted by molar-refractivity contribution is 7.90. The fourth-order valence-electron chi connectivity index (χ4n) is 3.73. The van der Waals surface area contributed by atoms with Gasteiger partial charge >= 0.3 is 0 Å². The maximum absolute atomic E-state index is 13.3. The van der Waals surface area contributed by atoms with Crippen LogP contribution in [0.1, 0.15) is 12.2 Å². The lowest BCUT2D eigenvalue weighted by atomic mass is 10.1. The molecule has 12 heteroatoms. The van der Waals surface area contributed by atoms with Gasteiger partial charge in [-0.2, -0.15) is 5.10 Å². The summed E-state index contributed by atoms with van der Waals surface area (Å²) in [5.41, 5.74) is 2.94. The Morgan fingerprint density at radius 2 is 1.97 bits per heavy atom. The van der Waals surface area contributed by atoms with Crippen molar-refractivity contribution < 1.29 is 17.6 Å². The second kappa shape index (κ2) is 7.90. The molecule has 34 heavy (non-hydrogen) atoms. The van der Waals surface area contributed by atoms with Gasteiger partial charge in [-0.25, -0.2) is 22.8 Å². The number of fused-ring (bicyclic) bond motifs is 1. The van der Waals surface area contributed by atoms with Crippen molar-refractivity contribution in [2.45, 2.75) is 24.4 Å². The lowest BCUT2D eigenvalue weighted by Gasteiger charge is -2.14. The molecule has 0 spiro atoms. The molecule has 0 bridgehead atoms. The number of aromatic nitrogens is 5. The van der Waals surface area contributed by atoms with E-state index in [9.17, 15) is 17.6 Å². The number of imidazole rings is 1. The van der Waals surface area contributed by atoms with Gasteiger partial charge in [0.05, 0.1) is 27.9 Å². The number of halogens is 1. The molecule has 2 atom stereocenters. The minimum Gasteiger partial charge on any atom is -0.352 e. The van der Waals surface area contributed by atoms with Crippen molar-refractivity contribution in [2.24, 2.45) is 13.0 Å². The Kier molecular flexibility index (Phi) is 5.12. The molecule has 5 rings (SSSR count). The zero-order valence-corrected chi connectivity index (χ0v) is 19.4. The molecule has 0 radical (unpaired) electrons. The van der Waals surface area contributed by atoms with Crippen LogP contribution in [0.15, 0.2) is 41.4 Å². The van der Waals surface area contributed by atoms with Crippen molar-refractivity contribution in [3.05, 3.63) is 42.4 Å². The van der Waals surface area contributed by atoms with Crippen LogP contribution in [-0.4, -0.2) is 51.5 Å². The van der Waals surface area contributed by atoms with Crippen molar-refractivity contribution in [1.82, 2.24) is 24.7 Å². The second-order valence-corrected chi connectivity index (χ2v) is 10.4. The maximum Gasteiger partial charge on any atom is 0.231 e. The van der Waals surface area contributed by atoms with Crippen LogP contribution in [0, 0.1) is 12.8 Å². The molecule has 3 aromatic heterocycles. The number of amides is 1. The van der Waals surface area contributed by atoms with E-state index >= 15 is 0 Å². The molecule has 1 unspecified atom stereocenters.